The first kappa shape index (κ1) is 13.9. The second kappa shape index (κ2) is 5.60. The Labute approximate surface area is 112 Å². The summed E-state index contributed by atoms with van der Waals surface area (Å²) in [7, 11) is 1.95. The third-order valence-corrected chi connectivity index (χ3v) is 4.96. The average Bonchev–Trinajstić information content (AvgIpc) is 2.91. The molecule has 2 aliphatic rings. The third kappa shape index (κ3) is 2.56. The Morgan fingerprint density at radius 2 is 2.00 bits per heavy atom. The van der Waals surface area contributed by atoms with E-state index in [-0.39, 0.29) is 5.41 Å². The van der Waals surface area contributed by atoms with Crippen molar-refractivity contribution < 1.29 is 4.79 Å². The Kier molecular flexibility index (Phi) is 4.31. The highest BCUT2D eigenvalue weighted by Gasteiger charge is 2.50. The molecule has 0 N–H and O–H groups in total. The normalized spacial score (nSPS) is 30.6. The van der Waals surface area contributed by atoms with Crippen LogP contribution >= 0.6 is 0 Å². The van der Waals surface area contributed by atoms with Gasteiger partial charge in [-0.15, -0.1) is 0 Å². The van der Waals surface area contributed by atoms with Gasteiger partial charge in [0, 0.05) is 26.2 Å². The molecule has 2 heterocycles. The lowest BCUT2D eigenvalue weighted by Crippen LogP contribution is -2.38. The van der Waals surface area contributed by atoms with Crippen molar-refractivity contribution in [3.8, 4) is 0 Å². The van der Waals surface area contributed by atoms with Crippen molar-refractivity contribution in [3.63, 3.8) is 0 Å². The maximum absolute atomic E-state index is 12.3. The average molecular weight is 252 g/mol. The van der Waals surface area contributed by atoms with Gasteiger partial charge in [-0.25, -0.2) is 0 Å². The molecule has 0 saturated carbocycles. The molecule has 2 saturated heterocycles. The van der Waals surface area contributed by atoms with Gasteiger partial charge in [0.05, 0.1) is 5.41 Å². The molecule has 0 aliphatic carbocycles. The van der Waals surface area contributed by atoms with Crippen LogP contribution in [0.25, 0.3) is 0 Å². The highest BCUT2D eigenvalue weighted by molar-refractivity contribution is 5.85. The molecular weight excluding hydrogens is 224 g/mol. The number of nitrogens with zero attached hydrogens (tertiary/aromatic N) is 2. The second-order valence-corrected chi connectivity index (χ2v) is 6.32. The van der Waals surface area contributed by atoms with Crippen LogP contribution in [-0.4, -0.2) is 48.4 Å². The molecule has 1 spiro atoms. The number of likely N-dealkylation sites (tertiary alicyclic amines) is 2. The predicted octanol–water partition coefficient (Wildman–Crippen LogP) is 2.51. The van der Waals surface area contributed by atoms with Gasteiger partial charge in [-0.1, -0.05) is 26.2 Å². The zero-order valence-corrected chi connectivity index (χ0v) is 12.2. The number of unbranched alkanes of at least 4 members (excludes halogenated alkanes) is 2. The first-order valence-electron chi connectivity index (χ1n) is 7.59. The largest absolute Gasteiger partial charge is 0.345 e. The smallest absolute Gasteiger partial charge is 0.229 e. The molecule has 3 heteroatoms. The summed E-state index contributed by atoms with van der Waals surface area (Å²) in [4.78, 5) is 16.7. The number of hydrogen-bond donors (Lipinski definition) is 0. The van der Waals surface area contributed by atoms with Crippen molar-refractivity contribution in [3.05, 3.63) is 0 Å². The molecule has 2 unspecified atom stereocenters. The number of carbonyl (C=O) groups is 1. The fourth-order valence-corrected chi connectivity index (χ4v) is 3.53. The summed E-state index contributed by atoms with van der Waals surface area (Å²) in [6.45, 7) is 7.66. The highest BCUT2D eigenvalue weighted by atomic mass is 16.2. The van der Waals surface area contributed by atoms with Gasteiger partial charge in [-0.2, -0.15) is 0 Å². The quantitative estimate of drug-likeness (QED) is 0.702. The van der Waals surface area contributed by atoms with Gasteiger partial charge in [-0.05, 0) is 32.7 Å². The van der Waals surface area contributed by atoms with Crippen LogP contribution in [0.2, 0.25) is 0 Å². The van der Waals surface area contributed by atoms with Crippen molar-refractivity contribution in [1.82, 2.24) is 9.80 Å². The second-order valence-electron chi connectivity index (χ2n) is 6.32. The molecule has 2 atom stereocenters. The fourth-order valence-electron chi connectivity index (χ4n) is 3.53. The summed E-state index contributed by atoms with van der Waals surface area (Å²) < 4.78 is 0. The zero-order valence-electron chi connectivity index (χ0n) is 12.2. The Morgan fingerprint density at radius 1 is 1.28 bits per heavy atom. The van der Waals surface area contributed by atoms with E-state index in [4.69, 9.17) is 0 Å². The SMILES string of the molecule is CCCCCC(C)N1CCC2(CCN(C)C2=O)C1. The van der Waals surface area contributed by atoms with E-state index in [1.807, 2.05) is 11.9 Å². The number of carbonyl (C=O) groups excluding carboxylic acids is 1. The lowest BCUT2D eigenvalue weighted by atomic mass is 9.85. The molecule has 2 rings (SSSR count). The Morgan fingerprint density at radius 3 is 2.61 bits per heavy atom. The predicted molar refractivity (Wildman–Crippen MR) is 74.5 cm³/mol. The molecule has 18 heavy (non-hydrogen) atoms. The van der Waals surface area contributed by atoms with Crippen molar-refractivity contribution in [1.29, 1.82) is 0 Å². The van der Waals surface area contributed by atoms with E-state index in [1.54, 1.807) is 0 Å². The minimum Gasteiger partial charge on any atom is -0.345 e. The molecule has 0 aromatic heterocycles. The van der Waals surface area contributed by atoms with E-state index in [0.717, 1.165) is 32.5 Å². The van der Waals surface area contributed by atoms with Crippen LogP contribution < -0.4 is 0 Å². The molecule has 0 aromatic carbocycles. The molecule has 3 nitrogen and oxygen atoms in total. The van der Waals surface area contributed by atoms with E-state index in [0.29, 0.717) is 11.9 Å². The molecule has 104 valence electrons. The molecule has 0 aromatic rings. The van der Waals surface area contributed by atoms with E-state index in [1.165, 1.54) is 25.7 Å². The standard InChI is InChI=1S/C15H28N2O/c1-4-5-6-7-13(2)17-11-9-15(12-17)8-10-16(3)14(15)18/h13H,4-12H2,1-3H3. The lowest BCUT2D eigenvalue weighted by molar-refractivity contribution is -0.134. The van der Waals surface area contributed by atoms with Crippen molar-refractivity contribution in [2.45, 2.75) is 58.4 Å². The van der Waals surface area contributed by atoms with Crippen LogP contribution in [0, 0.1) is 5.41 Å². The zero-order chi connectivity index (χ0) is 13.2. The van der Waals surface area contributed by atoms with E-state index < -0.39 is 0 Å². The Hall–Kier alpha value is -0.570. The van der Waals surface area contributed by atoms with Gasteiger partial charge >= 0.3 is 0 Å². The van der Waals surface area contributed by atoms with Gasteiger partial charge in [0.2, 0.25) is 5.91 Å². The molecule has 2 aliphatic heterocycles. The van der Waals surface area contributed by atoms with Crippen LogP contribution in [0.3, 0.4) is 0 Å². The highest BCUT2D eigenvalue weighted by Crippen LogP contribution is 2.41. The van der Waals surface area contributed by atoms with E-state index in [9.17, 15) is 4.79 Å². The Balaban J connectivity index is 1.86. The molecule has 0 bridgehead atoms. The van der Waals surface area contributed by atoms with Crippen molar-refractivity contribution in [2.75, 3.05) is 26.7 Å². The van der Waals surface area contributed by atoms with Gasteiger partial charge < -0.3 is 4.90 Å². The molecule has 1 amide bonds. The van der Waals surface area contributed by atoms with E-state index >= 15 is 0 Å². The molecule has 0 radical (unpaired) electrons. The monoisotopic (exact) mass is 252 g/mol. The lowest BCUT2D eigenvalue weighted by Gasteiger charge is -2.27. The minimum absolute atomic E-state index is 0.0201. The van der Waals surface area contributed by atoms with Gasteiger partial charge in [0.25, 0.3) is 0 Å². The summed E-state index contributed by atoms with van der Waals surface area (Å²) in [6.07, 6.45) is 7.39. The summed E-state index contributed by atoms with van der Waals surface area (Å²) >= 11 is 0. The summed E-state index contributed by atoms with van der Waals surface area (Å²) in [5, 5.41) is 0. The Bertz CT molecular complexity index is 305. The van der Waals surface area contributed by atoms with Crippen LogP contribution in [0.15, 0.2) is 0 Å². The first-order chi connectivity index (χ1) is 8.59. The van der Waals surface area contributed by atoms with Crippen LogP contribution in [-0.2, 0) is 4.79 Å². The first-order valence-corrected chi connectivity index (χ1v) is 7.59. The fraction of sp³-hybridized carbons (Fsp3) is 0.933. The van der Waals surface area contributed by atoms with Gasteiger partial charge in [-0.3, -0.25) is 9.69 Å². The van der Waals surface area contributed by atoms with Crippen molar-refractivity contribution >= 4 is 5.91 Å². The minimum atomic E-state index is -0.0201. The molecule has 2 fully saturated rings. The topological polar surface area (TPSA) is 23.6 Å². The van der Waals surface area contributed by atoms with Gasteiger partial charge in [0.1, 0.15) is 0 Å². The van der Waals surface area contributed by atoms with Crippen LogP contribution in [0.1, 0.15) is 52.4 Å². The molecular formula is C15H28N2O. The van der Waals surface area contributed by atoms with Gasteiger partial charge in [0.15, 0.2) is 0 Å². The van der Waals surface area contributed by atoms with Crippen LogP contribution in [0.4, 0.5) is 0 Å². The summed E-state index contributed by atoms with van der Waals surface area (Å²) in [5.41, 5.74) is -0.0201. The van der Waals surface area contributed by atoms with Crippen molar-refractivity contribution in [2.24, 2.45) is 5.41 Å². The van der Waals surface area contributed by atoms with E-state index in [2.05, 4.69) is 18.7 Å². The number of amides is 1. The number of rotatable bonds is 5. The van der Waals surface area contributed by atoms with Crippen LogP contribution in [0.5, 0.6) is 0 Å². The summed E-state index contributed by atoms with van der Waals surface area (Å²) in [5.74, 6) is 0.394. The summed E-state index contributed by atoms with van der Waals surface area (Å²) in [6, 6.07) is 0.648. The maximum atomic E-state index is 12.3. The number of hydrogen-bond acceptors (Lipinski definition) is 2. The maximum Gasteiger partial charge on any atom is 0.229 e. The third-order valence-electron chi connectivity index (χ3n) is 4.96.